The summed E-state index contributed by atoms with van der Waals surface area (Å²) in [6, 6.07) is 9.22. The van der Waals surface area contributed by atoms with Crippen molar-refractivity contribution in [3.05, 3.63) is 59.6 Å². The largest absolute Gasteiger partial charge is 0.496 e. The first kappa shape index (κ1) is 17.8. The molecule has 1 saturated heterocycles. The maximum Gasteiger partial charge on any atom is 0.257 e. The van der Waals surface area contributed by atoms with Crippen molar-refractivity contribution in [3.8, 4) is 5.75 Å². The Kier molecular flexibility index (Phi) is 5.41. The number of rotatable bonds is 4. The highest BCUT2D eigenvalue weighted by molar-refractivity contribution is 5.95. The smallest absolute Gasteiger partial charge is 0.257 e. The molecule has 0 saturated carbocycles. The summed E-state index contributed by atoms with van der Waals surface area (Å²) in [5, 5.41) is 0. The number of para-hydroxylation sites is 1. The van der Waals surface area contributed by atoms with Crippen LogP contribution in [0.4, 0.5) is 0 Å². The summed E-state index contributed by atoms with van der Waals surface area (Å²) in [5.41, 5.74) is 1.44. The highest BCUT2D eigenvalue weighted by Gasteiger charge is 2.25. The predicted molar refractivity (Wildman–Crippen MR) is 98.0 cm³/mol. The zero-order valence-electron chi connectivity index (χ0n) is 15.0. The number of amides is 2. The van der Waals surface area contributed by atoms with Crippen LogP contribution >= 0.6 is 0 Å². The van der Waals surface area contributed by atoms with E-state index in [1.54, 1.807) is 42.1 Å². The lowest BCUT2D eigenvalue weighted by Crippen LogP contribution is -2.50. The van der Waals surface area contributed by atoms with Crippen LogP contribution in [0.3, 0.4) is 0 Å². The van der Waals surface area contributed by atoms with Gasteiger partial charge in [-0.25, -0.2) is 0 Å². The molecule has 0 aliphatic carbocycles. The summed E-state index contributed by atoms with van der Waals surface area (Å²) in [7, 11) is 1.60. The maximum absolute atomic E-state index is 12.5. The fourth-order valence-electron chi connectivity index (χ4n) is 2.98. The fourth-order valence-corrected chi connectivity index (χ4v) is 2.98. The van der Waals surface area contributed by atoms with Crippen molar-refractivity contribution in [2.45, 2.75) is 6.92 Å². The summed E-state index contributed by atoms with van der Waals surface area (Å²) in [5.74, 6) is 1.23. The van der Waals surface area contributed by atoms with E-state index in [1.807, 2.05) is 24.3 Å². The standard InChI is InChI=1S/C20H22N2O4/c1-15-17(9-14-26-15)20(24)22-12-10-21(11-13-22)19(23)8-7-16-5-3-4-6-18(16)25-2/h3-9,14H,10-13H2,1-2H3/b8-7+. The van der Waals surface area contributed by atoms with Gasteiger partial charge in [-0.15, -0.1) is 0 Å². The number of carbonyl (C=O) groups is 2. The minimum atomic E-state index is -0.0671. The number of hydrogen-bond donors (Lipinski definition) is 0. The number of ether oxygens (including phenoxy) is 1. The van der Waals surface area contributed by atoms with Crippen LogP contribution in [0.1, 0.15) is 21.7 Å². The molecule has 0 spiro atoms. The fraction of sp³-hybridized carbons (Fsp3) is 0.300. The van der Waals surface area contributed by atoms with Crippen LogP contribution in [0, 0.1) is 6.92 Å². The van der Waals surface area contributed by atoms with Crippen molar-refractivity contribution in [2.75, 3.05) is 33.3 Å². The molecule has 1 aliphatic heterocycles. The predicted octanol–water partition coefficient (Wildman–Crippen LogP) is 2.59. The molecule has 26 heavy (non-hydrogen) atoms. The lowest BCUT2D eigenvalue weighted by atomic mass is 10.1. The summed E-state index contributed by atoms with van der Waals surface area (Å²) in [6.07, 6.45) is 4.83. The second-order valence-corrected chi connectivity index (χ2v) is 6.08. The van der Waals surface area contributed by atoms with Crippen molar-refractivity contribution in [1.82, 2.24) is 9.80 Å². The first-order chi connectivity index (χ1) is 12.6. The quantitative estimate of drug-likeness (QED) is 0.792. The maximum atomic E-state index is 12.5. The molecule has 3 rings (SSSR count). The Bertz CT molecular complexity index is 817. The zero-order chi connectivity index (χ0) is 18.5. The van der Waals surface area contributed by atoms with Gasteiger partial charge in [0.2, 0.25) is 5.91 Å². The second kappa shape index (κ2) is 7.91. The monoisotopic (exact) mass is 354 g/mol. The number of methoxy groups -OCH3 is 1. The molecule has 0 bridgehead atoms. The molecule has 0 unspecified atom stereocenters. The number of furan rings is 1. The van der Waals surface area contributed by atoms with Crippen molar-refractivity contribution >= 4 is 17.9 Å². The minimum Gasteiger partial charge on any atom is -0.496 e. The van der Waals surface area contributed by atoms with Gasteiger partial charge in [-0.2, -0.15) is 0 Å². The van der Waals surface area contributed by atoms with Gasteiger partial charge >= 0.3 is 0 Å². The second-order valence-electron chi connectivity index (χ2n) is 6.08. The van der Waals surface area contributed by atoms with E-state index in [9.17, 15) is 9.59 Å². The first-order valence-electron chi connectivity index (χ1n) is 8.53. The van der Waals surface area contributed by atoms with Crippen molar-refractivity contribution in [2.24, 2.45) is 0 Å². The number of piperazine rings is 1. The lowest BCUT2D eigenvalue weighted by Gasteiger charge is -2.34. The van der Waals surface area contributed by atoms with E-state index in [1.165, 1.54) is 6.26 Å². The number of aryl methyl sites for hydroxylation is 1. The van der Waals surface area contributed by atoms with Crippen LogP contribution in [-0.4, -0.2) is 54.9 Å². The van der Waals surface area contributed by atoms with Crippen LogP contribution in [0.15, 0.2) is 47.1 Å². The van der Waals surface area contributed by atoms with Gasteiger partial charge in [0.1, 0.15) is 11.5 Å². The lowest BCUT2D eigenvalue weighted by molar-refractivity contribution is -0.127. The summed E-state index contributed by atoms with van der Waals surface area (Å²) >= 11 is 0. The van der Waals surface area contributed by atoms with Crippen LogP contribution in [0.5, 0.6) is 5.75 Å². The third kappa shape index (κ3) is 3.79. The third-order valence-electron chi connectivity index (χ3n) is 4.51. The Morgan fingerprint density at radius 2 is 1.77 bits per heavy atom. The number of hydrogen-bond acceptors (Lipinski definition) is 4. The molecule has 1 fully saturated rings. The Labute approximate surface area is 152 Å². The van der Waals surface area contributed by atoms with Gasteiger partial charge in [-0.05, 0) is 25.1 Å². The van der Waals surface area contributed by atoms with E-state index in [-0.39, 0.29) is 11.8 Å². The number of benzene rings is 1. The molecule has 2 aromatic rings. The first-order valence-corrected chi connectivity index (χ1v) is 8.53. The Hall–Kier alpha value is -3.02. The average molecular weight is 354 g/mol. The van der Waals surface area contributed by atoms with Crippen LogP contribution < -0.4 is 4.74 Å². The molecule has 1 aliphatic rings. The molecular formula is C20H22N2O4. The van der Waals surface area contributed by atoms with Crippen molar-refractivity contribution in [1.29, 1.82) is 0 Å². The van der Waals surface area contributed by atoms with Crippen molar-refractivity contribution in [3.63, 3.8) is 0 Å². The van der Waals surface area contributed by atoms with E-state index in [2.05, 4.69) is 0 Å². The molecule has 0 N–H and O–H groups in total. The van der Waals surface area contributed by atoms with Gasteiger partial charge in [-0.1, -0.05) is 18.2 Å². The van der Waals surface area contributed by atoms with Crippen LogP contribution in [0.25, 0.3) is 6.08 Å². The van der Waals surface area contributed by atoms with E-state index < -0.39 is 0 Å². The Balaban J connectivity index is 1.58. The number of carbonyl (C=O) groups excluding carboxylic acids is 2. The van der Waals surface area contributed by atoms with Gasteiger partial charge in [0.15, 0.2) is 0 Å². The van der Waals surface area contributed by atoms with E-state index in [4.69, 9.17) is 9.15 Å². The normalized spacial score (nSPS) is 14.7. The highest BCUT2D eigenvalue weighted by Crippen LogP contribution is 2.19. The Morgan fingerprint density at radius 1 is 1.08 bits per heavy atom. The molecule has 6 nitrogen and oxygen atoms in total. The van der Waals surface area contributed by atoms with Crippen LogP contribution in [0.2, 0.25) is 0 Å². The molecule has 2 amide bonds. The SMILES string of the molecule is COc1ccccc1/C=C/C(=O)N1CCN(C(=O)c2ccoc2C)CC1. The van der Waals surface area contributed by atoms with E-state index in [0.717, 1.165) is 11.3 Å². The van der Waals surface area contributed by atoms with Gasteiger partial charge in [-0.3, -0.25) is 9.59 Å². The average Bonchev–Trinajstić information content (AvgIpc) is 3.11. The third-order valence-corrected chi connectivity index (χ3v) is 4.51. The van der Waals surface area contributed by atoms with E-state index >= 15 is 0 Å². The summed E-state index contributed by atoms with van der Waals surface area (Å²) < 4.78 is 10.5. The molecule has 0 radical (unpaired) electrons. The molecule has 2 heterocycles. The van der Waals surface area contributed by atoms with Gasteiger partial charge < -0.3 is 19.0 Å². The van der Waals surface area contributed by atoms with Gasteiger partial charge in [0.05, 0.1) is 18.9 Å². The van der Waals surface area contributed by atoms with Crippen molar-refractivity contribution < 1.29 is 18.7 Å². The van der Waals surface area contributed by atoms with Gasteiger partial charge in [0.25, 0.3) is 5.91 Å². The zero-order valence-corrected chi connectivity index (χ0v) is 15.0. The molecular weight excluding hydrogens is 332 g/mol. The summed E-state index contributed by atoms with van der Waals surface area (Å²) in [6.45, 7) is 3.82. The van der Waals surface area contributed by atoms with E-state index in [0.29, 0.717) is 37.5 Å². The molecule has 6 heteroatoms. The van der Waals surface area contributed by atoms with Gasteiger partial charge in [0, 0.05) is 37.8 Å². The summed E-state index contributed by atoms with van der Waals surface area (Å²) in [4.78, 5) is 28.4. The minimum absolute atomic E-state index is 0.0482. The number of nitrogens with zero attached hydrogens (tertiary/aromatic N) is 2. The molecule has 1 aromatic carbocycles. The highest BCUT2D eigenvalue weighted by atomic mass is 16.5. The molecule has 1 aromatic heterocycles. The van der Waals surface area contributed by atoms with Crippen LogP contribution in [-0.2, 0) is 4.79 Å². The molecule has 0 atom stereocenters. The Morgan fingerprint density at radius 3 is 2.42 bits per heavy atom. The topological polar surface area (TPSA) is 63.0 Å². The molecule has 136 valence electrons.